The van der Waals surface area contributed by atoms with Gasteiger partial charge in [0.1, 0.15) is 11.1 Å². The molecule has 1 heterocycles. The van der Waals surface area contributed by atoms with Crippen molar-refractivity contribution in [2.45, 2.75) is 0 Å². The van der Waals surface area contributed by atoms with E-state index in [4.69, 9.17) is 0 Å². The van der Waals surface area contributed by atoms with Crippen molar-refractivity contribution < 1.29 is 9.72 Å². The Bertz CT molecular complexity index is 964. The Labute approximate surface area is 129 Å². The second-order valence-electron chi connectivity index (χ2n) is 4.81. The minimum Gasteiger partial charge on any atom is -0.355 e. The number of nitro groups is 1. The lowest BCUT2D eigenvalue weighted by atomic mass is 10.1. The molecule has 0 fully saturated rings. The van der Waals surface area contributed by atoms with Crippen LogP contribution in [0.4, 0.5) is 11.4 Å². The number of non-ortho nitro benzene ring substituents is 1. The summed E-state index contributed by atoms with van der Waals surface area (Å²) in [7, 11) is 0. The van der Waals surface area contributed by atoms with Crippen LogP contribution in [0.3, 0.4) is 0 Å². The van der Waals surface area contributed by atoms with Crippen LogP contribution in [0.15, 0.2) is 59.5 Å². The van der Waals surface area contributed by atoms with Crippen LogP contribution in [-0.2, 0) is 0 Å². The van der Waals surface area contributed by atoms with Gasteiger partial charge in [-0.25, -0.2) is 0 Å². The van der Waals surface area contributed by atoms with E-state index in [-0.39, 0.29) is 22.2 Å². The fourth-order valence-corrected chi connectivity index (χ4v) is 2.28. The highest BCUT2D eigenvalue weighted by Gasteiger charge is 2.18. The zero-order valence-corrected chi connectivity index (χ0v) is 11.8. The number of aromatic nitrogens is 1. The summed E-state index contributed by atoms with van der Waals surface area (Å²) in [5.41, 5.74) is -0.234. The van der Waals surface area contributed by atoms with Crippen LogP contribution in [0.1, 0.15) is 10.4 Å². The zero-order valence-electron chi connectivity index (χ0n) is 11.8. The molecule has 7 heteroatoms. The zero-order chi connectivity index (χ0) is 16.4. The highest BCUT2D eigenvalue weighted by atomic mass is 16.6. The van der Waals surface area contributed by atoms with Crippen LogP contribution in [0, 0.1) is 10.1 Å². The predicted octanol–water partition coefficient (Wildman–Crippen LogP) is 2.69. The van der Waals surface area contributed by atoms with E-state index in [1.165, 1.54) is 24.4 Å². The second-order valence-corrected chi connectivity index (χ2v) is 4.81. The first-order chi connectivity index (χ1) is 11.1. The number of carbonyl (C=O) groups excluding carboxylic acids is 1. The molecular formula is C16H11N3O4. The molecule has 1 amide bonds. The first-order valence-electron chi connectivity index (χ1n) is 6.73. The lowest BCUT2D eigenvalue weighted by molar-refractivity contribution is -0.383. The van der Waals surface area contributed by atoms with E-state index < -0.39 is 16.3 Å². The van der Waals surface area contributed by atoms with E-state index >= 15 is 0 Å². The van der Waals surface area contributed by atoms with Crippen molar-refractivity contribution in [1.82, 2.24) is 4.98 Å². The van der Waals surface area contributed by atoms with Crippen molar-refractivity contribution in [3.05, 3.63) is 80.6 Å². The molecule has 0 atom stereocenters. The van der Waals surface area contributed by atoms with Crippen LogP contribution in [-0.4, -0.2) is 15.8 Å². The first-order valence-corrected chi connectivity index (χ1v) is 6.73. The number of anilines is 1. The number of hydrogen-bond donors (Lipinski definition) is 2. The molecule has 0 aliphatic carbocycles. The van der Waals surface area contributed by atoms with Crippen molar-refractivity contribution >= 4 is 28.2 Å². The van der Waals surface area contributed by atoms with Gasteiger partial charge in [0.2, 0.25) is 5.43 Å². The summed E-state index contributed by atoms with van der Waals surface area (Å²) in [4.78, 5) is 37.7. The molecule has 0 unspecified atom stereocenters. The molecule has 0 saturated heterocycles. The van der Waals surface area contributed by atoms with Gasteiger partial charge in [-0.1, -0.05) is 24.3 Å². The standard InChI is InChI=1S/C16H11N3O4/c20-15-11-7-4-8-13(19(22)23)14(11)17-9-12(15)16(21)18-10-5-2-1-3-6-10/h1-9H,(H,17,20)(H,18,21). The van der Waals surface area contributed by atoms with E-state index in [2.05, 4.69) is 10.3 Å². The number of nitrogens with zero attached hydrogens (tertiary/aromatic N) is 1. The van der Waals surface area contributed by atoms with E-state index in [0.29, 0.717) is 5.69 Å². The molecule has 2 N–H and O–H groups in total. The Morgan fingerprint density at radius 2 is 1.83 bits per heavy atom. The number of para-hydroxylation sites is 2. The number of nitro benzene ring substituents is 1. The number of pyridine rings is 1. The molecule has 3 aromatic rings. The van der Waals surface area contributed by atoms with Crippen LogP contribution in [0.5, 0.6) is 0 Å². The molecule has 114 valence electrons. The summed E-state index contributed by atoms with van der Waals surface area (Å²) in [6, 6.07) is 12.8. The fourth-order valence-electron chi connectivity index (χ4n) is 2.28. The molecule has 23 heavy (non-hydrogen) atoms. The fraction of sp³-hybridized carbons (Fsp3) is 0. The van der Waals surface area contributed by atoms with Gasteiger partial charge in [0.05, 0.1) is 10.3 Å². The Kier molecular flexibility index (Phi) is 3.60. The van der Waals surface area contributed by atoms with Crippen molar-refractivity contribution in [2.24, 2.45) is 0 Å². The Morgan fingerprint density at radius 3 is 2.52 bits per heavy atom. The summed E-state index contributed by atoms with van der Waals surface area (Å²) in [5, 5.41) is 13.7. The molecule has 0 aliphatic heterocycles. The number of rotatable bonds is 3. The topological polar surface area (TPSA) is 105 Å². The molecule has 0 spiro atoms. The summed E-state index contributed by atoms with van der Waals surface area (Å²) >= 11 is 0. The Morgan fingerprint density at radius 1 is 1.09 bits per heavy atom. The maximum atomic E-state index is 12.4. The molecule has 7 nitrogen and oxygen atoms in total. The van der Waals surface area contributed by atoms with Gasteiger partial charge >= 0.3 is 0 Å². The molecule has 3 rings (SSSR count). The van der Waals surface area contributed by atoms with Crippen LogP contribution in [0.2, 0.25) is 0 Å². The number of amides is 1. The Hall–Kier alpha value is -3.48. The van der Waals surface area contributed by atoms with E-state index in [0.717, 1.165) is 0 Å². The second kappa shape index (κ2) is 5.72. The minimum absolute atomic E-state index is 0.0961. The normalized spacial score (nSPS) is 10.4. The third kappa shape index (κ3) is 2.67. The van der Waals surface area contributed by atoms with Crippen LogP contribution in [0.25, 0.3) is 10.9 Å². The highest BCUT2D eigenvalue weighted by Crippen LogP contribution is 2.21. The number of H-pyrrole nitrogens is 1. The number of fused-ring (bicyclic) bond motifs is 1. The average molecular weight is 309 g/mol. The van der Waals surface area contributed by atoms with E-state index in [9.17, 15) is 19.7 Å². The molecular weight excluding hydrogens is 298 g/mol. The van der Waals surface area contributed by atoms with Gasteiger partial charge in [-0.3, -0.25) is 19.7 Å². The van der Waals surface area contributed by atoms with Crippen molar-refractivity contribution in [1.29, 1.82) is 0 Å². The summed E-state index contributed by atoms with van der Waals surface area (Å²) < 4.78 is 0. The van der Waals surface area contributed by atoms with Crippen molar-refractivity contribution in [3.8, 4) is 0 Å². The summed E-state index contributed by atoms with van der Waals surface area (Å²) in [6.45, 7) is 0. The SMILES string of the molecule is O=C(Nc1ccccc1)c1c[nH]c2c([N+](=O)[O-])cccc2c1=O. The Balaban J connectivity index is 2.06. The lowest BCUT2D eigenvalue weighted by Crippen LogP contribution is -2.22. The number of hydrogen-bond acceptors (Lipinski definition) is 4. The summed E-state index contributed by atoms with van der Waals surface area (Å²) in [5.74, 6) is -0.578. The van der Waals surface area contributed by atoms with Gasteiger partial charge < -0.3 is 10.3 Å². The van der Waals surface area contributed by atoms with Gasteiger partial charge in [-0.15, -0.1) is 0 Å². The number of aromatic amines is 1. The maximum absolute atomic E-state index is 12.4. The molecule has 1 aromatic heterocycles. The molecule has 0 aliphatic rings. The smallest absolute Gasteiger partial charge is 0.293 e. The van der Waals surface area contributed by atoms with Gasteiger partial charge in [0, 0.05) is 18.0 Å². The molecule has 0 bridgehead atoms. The largest absolute Gasteiger partial charge is 0.355 e. The third-order valence-electron chi connectivity index (χ3n) is 3.37. The predicted molar refractivity (Wildman–Crippen MR) is 85.6 cm³/mol. The van der Waals surface area contributed by atoms with Gasteiger partial charge in [-0.2, -0.15) is 0 Å². The maximum Gasteiger partial charge on any atom is 0.293 e. The van der Waals surface area contributed by atoms with E-state index in [1.807, 2.05) is 0 Å². The third-order valence-corrected chi connectivity index (χ3v) is 3.37. The average Bonchev–Trinajstić information content (AvgIpc) is 2.55. The van der Waals surface area contributed by atoms with Gasteiger partial charge in [-0.05, 0) is 18.2 Å². The minimum atomic E-state index is -0.581. The van der Waals surface area contributed by atoms with Crippen molar-refractivity contribution in [2.75, 3.05) is 5.32 Å². The van der Waals surface area contributed by atoms with Crippen LogP contribution >= 0.6 is 0 Å². The van der Waals surface area contributed by atoms with Gasteiger partial charge in [0.15, 0.2) is 0 Å². The quantitative estimate of drug-likeness (QED) is 0.573. The molecule has 0 radical (unpaired) electrons. The molecule has 0 saturated carbocycles. The van der Waals surface area contributed by atoms with Crippen LogP contribution < -0.4 is 10.7 Å². The summed E-state index contributed by atoms with van der Waals surface area (Å²) in [6.07, 6.45) is 1.19. The number of carbonyl (C=O) groups is 1. The monoisotopic (exact) mass is 309 g/mol. The van der Waals surface area contributed by atoms with Gasteiger partial charge in [0.25, 0.3) is 11.6 Å². The number of benzene rings is 2. The lowest BCUT2D eigenvalue weighted by Gasteiger charge is -2.06. The first kappa shape index (κ1) is 14.5. The highest BCUT2D eigenvalue weighted by molar-refractivity contribution is 6.06. The van der Waals surface area contributed by atoms with E-state index in [1.54, 1.807) is 30.3 Å². The molecule has 2 aromatic carbocycles. The number of nitrogens with one attached hydrogen (secondary N) is 2. The van der Waals surface area contributed by atoms with Crippen molar-refractivity contribution in [3.63, 3.8) is 0 Å².